The quantitative estimate of drug-likeness (QED) is 0.917. The zero-order valence-corrected chi connectivity index (χ0v) is 11.1. The molecule has 1 aliphatic rings. The first-order valence-electron chi connectivity index (χ1n) is 6.27. The van der Waals surface area contributed by atoms with Gasteiger partial charge < -0.3 is 9.88 Å². The first-order chi connectivity index (χ1) is 8.75. The lowest BCUT2D eigenvalue weighted by atomic mass is 10.1. The number of rotatable bonds is 4. The molecule has 0 atom stereocenters. The molecule has 1 heterocycles. The zero-order chi connectivity index (χ0) is 12.5. The van der Waals surface area contributed by atoms with Crippen molar-refractivity contribution < 1.29 is 0 Å². The van der Waals surface area contributed by atoms with E-state index >= 15 is 0 Å². The molecule has 0 saturated heterocycles. The van der Waals surface area contributed by atoms with E-state index in [1.165, 1.54) is 18.4 Å². The molecule has 0 unspecified atom stereocenters. The highest BCUT2D eigenvalue weighted by atomic mass is 35.5. The van der Waals surface area contributed by atoms with Crippen molar-refractivity contribution in [2.45, 2.75) is 32.4 Å². The molecular weight excluding hydrogens is 246 g/mol. The number of nitrogens with zero attached hydrogens (tertiary/aromatic N) is 2. The molecule has 1 N–H and O–H groups in total. The largest absolute Gasteiger partial charge is 0.310 e. The van der Waals surface area contributed by atoms with Gasteiger partial charge in [-0.2, -0.15) is 0 Å². The van der Waals surface area contributed by atoms with Gasteiger partial charge in [-0.05, 0) is 31.4 Å². The molecule has 4 heteroatoms. The lowest BCUT2D eigenvalue weighted by Crippen LogP contribution is -2.17. The Morgan fingerprint density at radius 2 is 2.28 bits per heavy atom. The van der Waals surface area contributed by atoms with Gasteiger partial charge in [-0.1, -0.05) is 23.7 Å². The Bertz CT molecular complexity index is 558. The number of benzene rings is 1. The second kappa shape index (κ2) is 4.75. The number of halogens is 1. The number of hydrogen-bond acceptors (Lipinski definition) is 2. The van der Waals surface area contributed by atoms with E-state index in [0.717, 1.165) is 23.1 Å². The van der Waals surface area contributed by atoms with Crippen LogP contribution in [0, 0.1) is 6.92 Å². The zero-order valence-electron chi connectivity index (χ0n) is 10.4. The summed E-state index contributed by atoms with van der Waals surface area (Å²) in [6.45, 7) is 2.85. The van der Waals surface area contributed by atoms with Crippen LogP contribution in [0.4, 0.5) is 0 Å². The van der Waals surface area contributed by atoms with Crippen LogP contribution >= 0.6 is 11.6 Å². The van der Waals surface area contributed by atoms with Crippen LogP contribution in [0.5, 0.6) is 0 Å². The Hall–Kier alpha value is -1.32. The average molecular weight is 262 g/mol. The normalized spacial score (nSPS) is 15.0. The van der Waals surface area contributed by atoms with E-state index in [2.05, 4.69) is 16.4 Å². The maximum atomic E-state index is 6.35. The van der Waals surface area contributed by atoms with Crippen molar-refractivity contribution in [3.8, 4) is 5.69 Å². The summed E-state index contributed by atoms with van der Waals surface area (Å²) in [4.78, 5) is 4.27. The molecule has 94 valence electrons. The van der Waals surface area contributed by atoms with Crippen LogP contribution in [-0.4, -0.2) is 15.6 Å². The van der Waals surface area contributed by atoms with Gasteiger partial charge in [0.15, 0.2) is 0 Å². The Morgan fingerprint density at radius 3 is 2.94 bits per heavy atom. The van der Waals surface area contributed by atoms with Gasteiger partial charge in [0.05, 0.1) is 10.7 Å². The summed E-state index contributed by atoms with van der Waals surface area (Å²) >= 11 is 6.35. The lowest BCUT2D eigenvalue weighted by Gasteiger charge is -2.14. The molecule has 3 nitrogen and oxygen atoms in total. The van der Waals surface area contributed by atoms with E-state index in [4.69, 9.17) is 11.6 Å². The SMILES string of the molecule is Cc1nccn1-c1c(Cl)cccc1CNC1CC1. The summed E-state index contributed by atoms with van der Waals surface area (Å²) in [6.07, 6.45) is 6.34. The molecular formula is C14H16ClN3. The Morgan fingerprint density at radius 1 is 1.44 bits per heavy atom. The summed E-state index contributed by atoms with van der Waals surface area (Å²) in [6, 6.07) is 6.75. The van der Waals surface area contributed by atoms with Gasteiger partial charge in [-0.15, -0.1) is 0 Å². The van der Waals surface area contributed by atoms with E-state index in [0.29, 0.717) is 6.04 Å². The van der Waals surface area contributed by atoms with Crippen molar-refractivity contribution in [2.75, 3.05) is 0 Å². The summed E-state index contributed by atoms with van der Waals surface area (Å²) < 4.78 is 2.05. The van der Waals surface area contributed by atoms with Gasteiger partial charge in [0.25, 0.3) is 0 Å². The second-order valence-electron chi connectivity index (χ2n) is 4.75. The maximum absolute atomic E-state index is 6.35. The van der Waals surface area contributed by atoms with Crippen LogP contribution in [0.1, 0.15) is 24.2 Å². The number of para-hydroxylation sites is 1. The molecule has 3 rings (SSSR count). The van der Waals surface area contributed by atoms with Crippen LogP contribution in [0.15, 0.2) is 30.6 Å². The summed E-state index contributed by atoms with van der Waals surface area (Å²) in [7, 11) is 0. The van der Waals surface area contributed by atoms with Crippen molar-refractivity contribution in [2.24, 2.45) is 0 Å². The number of imidazole rings is 1. The van der Waals surface area contributed by atoms with Crippen LogP contribution in [0.2, 0.25) is 5.02 Å². The van der Waals surface area contributed by atoms with E-state index < -0.39 is 0 Å². The highest BCUT2D eigenvalue weighted by Crippen LogP contribution is 2.27. The second-order valence-corrected chi connectivity index (χ2v) is 5.15. The fourth-order valence-corrected chi connectivity index (χ4v) is 2.41. The third-order valence-corrected chi connectivity index (χ3v) is 3.60. The molecule has 1 fully saturated rings. The van der Waals surface area contributed by atoms with Gasteiger partial charge in [0.1, 0.15) is 5.82 Å². The van der Waals surface area contributed by atoms with Crippen molar-refractivity contribution >= 4 is 11.6 Å². The molecule has 18 heavy (non-hydrogen) atoms. The fourth-order valence-electron chi connectivity index (χ4n) is 2.13. The van der Waals surface area contributed by atoms with Gasteiger partial charge >= 0.3 is 0 Å². The minimum absolute atomic E-state index is 0.695. The van der Waals surface area contributed by atoms with Gasteiger partial charge in [-0.3, -0.25) is 0 Å². The van der Waals surface area contributed by atoms with E-state index in [9.17, 15) is 0 Å². The molecule has 0 amide bonds. The Labute approximate surface area is 112 Å². The summed E-state index contributed by atoms with van der Waals surface area (Å²) in [5, 5.41) is 4.30. The van der Waals surface area contributed by atoms with Crippen LogP contribution in [0.25, 0.3) is 5.69 Å². The van der Waals surface area contributed by atoms with Crippen LogP contribution in [-0.2, 0) is 6.54 Å². The molecule has 1 aliphatic carbocycles. The van der Waals surface area contributed by atoms with Crippen LogP contribution < -0.4 is 5.32 Å². The topological polar surface area (TPSA) is 29.9 Å². The fraction of sp³-hybridized carbons (Fsp3) is 0.357. The van der Waals surface area contributed by atoms with Crippen molar-refractivity contribution in [1.29, 1.82) is 0 Å². The molecule has 2 aromatic rings. The average Bonchev–Trinajstić information content (AvgIpc) is 3.09. The lowest BCUT2D eigenvalue weighted by molar-refractivity contribution is 0.684. The highest BCUT2D eigenvalue weighted by Gasteiger charge is 2.21. The van der Waals surface area contributed by atoms with Crippen molar-refractivity contribution in [3.05, 3.63) is 47.0 Å². The molecule has 0 bridgehead atoms. The Kier molecular flexibility index (Phi) is 3.10. The third-order valence-electron chi connectivity index (χ3n) is 3.30. The minimum atomic E-state index is 0.695. The van der Waals surface area contributed by atoms with Crippen molar-refractivity contribution in [1.82, 2.24) is 14.9 Å². The molecule has 0 radical (unpaired) electrons. The summed E-state index contributed by atoms with van der Waals surface area (Å²) in [5.41, 5.74) is 2.26. The Balaban J connectivity index is 1.97. The first kappa shape index (κ1) is 11.8. The van der Waals surface area contributed by atoms with E-state index in [-0.39, 0.29) is 0 Å². The van der Waals surface area contributed by atoms with Gasteiger partial charge in [0.2, 0.25) is 0 Å². The molecule has 0 spiro atoms. The van der Waals surface area contributed by atoms with Crippen molar-refractivity contribution in [3.63, 3.8) is 0 Å². The number of nitrogens with one attached hydrogen (secondary N) is 1. The molecule has 0 aliphatic heterocycles. The number of hydrogen-bond donors (Lipinski definition) is 1. The molecule has 1 saturated carbocycles. The smallest absolute Gasteiger partial charge is 0.110 e. The standard InChI is InChI=1S/C14H16ClN3/c1-10-16-7-8-18(10)14-11(3-2-4-13(14)15)9-17-12-5-6-12/h2-4,7-8,12,17H,5-6,9H2,1H3. The van der Waals surface area contributed by atoms with Gasteiger partial charge in [-0.25, -0.2) is 4.98 Å². The van der Waals surface area contributed by atoms with Gasteiger partial charge in [0, 0.05) is 25.0 Å². The van der Waals surface area contributed by atoms with E-state index in [1.54, 1.807) is 6.20 Å². The predicted molar refractivity (Wildman–Crippen MR) is 73.2 cm³/mol. The number of aryl methyl sites for hydroxylation is 1. The van der Waals surface area contributed by atoms with E-state index in [1.807, 2.05) is 29.8 Å². The predicted octanol–water partition coefficient (Wildman–Crippen LogP) is 3.09. The number of aromatic nitrogens is 2. The highest BCUT2D eigenvalue weighted by molar-refractivity contribution is 6.32. The molecule has 1 aromatic heterocycles. The first-order valence-corrected chi connectivity index (χ1v) is 6.64. The summed E-state index contributed by atoms with van der Waals surface area (Å²) in [5.74, 6) is 0.954. The van der Waals surface area contributed by atoms with Crippen LogP contribution in [0.3, 0.4) is 0 Å². The third kappa shape index (κ3) is 2.28. The maximum Gasteiger partial charge on any atom is 0.110 e. The monoisotopic (exact) mass is 261 g/mol. The molecule has 1 aromatic carbocycles. The minimum Gasteiger partial charge on any atom is -0.310 e.